The second-order valence-electron chi connectivity index (χ2n) is 12.2. The molecule has 48 heavy (non-hydrogen) atoms. The molecule has 0 aliphatic heterocycles. The largest absolute Gasteiger partial charge is 0.456 e. The lowest BCUT2D eigenvalue weighted by atomic mass is 9.97. The molecule has 4 heteroatoms. The summed E-state index contributed by atoms with van der Waals surface area (Å²) < 4.78 is 8.50. The Morgan fingerprint density at radius 2 is 0.896 bits per heavy atom. The zero-order chi connectivity index (χ0) is 31.6. The van der Waals surface area contributed by atoms with Crippen molar-refractivity contribution in [3.05, 3.63) is 164 Å². The lowest BCUT2D eigenvalue weighted by Crippen LogP contribution is -1.97. The summed E-state index contributed by atoms with van der Waals surface area (Å²) in [5, 5.41) is 4.76. The molecule has 0 N–H and O–H groups in total. The van der Waals surface area contributed by atoms with Crippen LogP contribution in [0.4, 0.5) is 0 Å². The molecule has 0 saturated carbocycles. The number of para-hydroxylation sites is 5. The van der Waals surface area contributed by atoms with Crippen molar-refractivity contribution in [3.8, 4) is 39.3 Å². The summed E-state index contributed by atoms with van der Waals surface area (Å²) >= 11 is 0. The van der Waals surface area contributed by atoms with E-state index in [1.165, 1.54) is 21.8 Å². The van der Waals surface area contributed by atoms with Crippen LogP contribution in [0.1, 0.15) is 0 Å². The molecule has 0 fully saturated rings. The SMILES string of the molecule is c1ccc2nc(-c3ccc(-n4c5ccccc5c5ccccc54)cc3)c(-c3ccc(-c4cccc5oc6ccccc6c45)cc3)nc2c1. The lowest BCUT2D eigenvalue weighted by molar-refractivity contribution is 0.669. The minimum absolute atomic E-state index is 0.858. The molecule has 3 aromatic heterocycles. The maximum Gasteiger partial charge on any atom is 0.136 e. The zero-order valence-electron chi connectivity index (χ0n) is 25.8. The maximum atomic E-state index is 6.17. The molecule has 10 aromatic rings. The average molecular weight is 614 g/mol. The van der Waals surface area contributed by atoms with Crippen molar-refractivity contribution in [3.63, 3.8) is 0 Å². The Kier molecular flexibility index (Phi) is 5.84. The molecule has 4 nitrogen and oxygen atoms in total. The van der Waals surface area contributed by atoms with Crippen molar-refractivity contribution < 1.29 is 4.42 Å². The van der Waals surface area contributed by atoms with Gasteiger partial charge in [0.25, 0.3) is 0 Å². The second kappa shape index (κ2) is 10.5. The molecule has 10 rings (SSSR count). The molecular formula is C44H27N3O. The fourth-order valence-corrected chi connectivity index (χ4v) is 7.19. The first kappa shape index (κ1) is 26.7. The zero-order valence-corrected chi connectivity index (χ0v) is 25.8. The molecule has 0 atom stereocenters. The Bertz CT molecular complexity index is 2770. The highest BCUT2D eigenvalue weighted by atomic mass is 16.3. The van der Waals surface area contributed by atoms with Crippen LogP contribution < -0.4 is 0 Å². The number of benzene rings is 7. The first-order valence-electron chi connectivity index (χ1n) is 16.2. The summed E-state index contributed by atoms with van der Waals surface area (Å²) in [6, 6.07) is 57.2. The van der Waals surface area contributed by atoms with Crippen LogP contribution in [-0.2, 0) is 0 Å². The molecule has 0 bridgehead atoms. The fourth-order valence-electron chi connectivity index (χ4n) is 7.19. The molecule has 0 spiro atoms. The summed E-state index contributed by atoms with van der Waals surface area (Å²) in [7, 11) is 0. The van der Waals surface area contributed by atoms with E-state index in [9.17, 15) is 0 Å². The van der Waals surface area contributed by atoms with E-state index in [4.69, 9.17) is 14.4 Å². The average Bonchev–Trinajstić information content (AvgIpc) is 3.71. The maximum absolute atomic E-state index is 6.17. The Labute approximate surface area is 276 Å². The van der Waals surface area contributed by atoms with E-state index in [0.29, 0.717) is 0 Å². The number of aromatic nitrogens is 3. The predicted molar refractivity (Wildman–Crippen MR) is 197 cm³/mol. The van der Waals surface area contributed by atoms with Crippen molar-refractivity contribution in [1.82, 2.24) is 14.5 Å². The first-order valence-corrected chi connectivity index (χ1v) is 16.2. The van der Waals surface area contributed by atoms with E-state index in [-0.39, 0.29) is 0 Å². The van der Waals surface area contributed by atoms with Crippen LogP contribution in [0.3, 0.4) is 0 Å². The van der Waals surface area contributed by atoms with Gasteiger partial charge in [-0.3, -0.25) is 0 Å². The normalized spacial score (nSPS) is 11.8. The summed E-state index contributed by atoms with van der Waals surface area (Å²) in [6.45, 7) is 0. The van der Waals surface area contributed by atoms with Crippen LogP contribution in [-0.4, -0.2) is 14.5 Å². The summed E-state index contributed by atoms with van der Waals surface area (Å²) in [5.41, 5.74) is 13.1. The topological polar surface area (TPSA) is 43.9 Å². The van der Waals surface area contributed by atoms with Crippen LogP contribution in [0.5, 0.6) is 0 Å². The van der Waals surface area contributed by atoms with Crippen molar-refractivity contribution >= 4 is 54.8 Å². The van der Waals surface area contributed by atoms with E-state index >= 15 is 0 Å². The van der Waals surface area contributed by atoms with Crippen LogP contribution in [0.15, 0.2) is 168 Å². The molecule has 7 aromatic carbocycles. The Balaban J connectivity index is 1.09. The van der Waals surface area contributed by atoms with Gasteiger partial charge in [0.15, 0.2) is 0 Å². The van der Waals surface area contributed by atoms with Gasteiger partial charge in [0.1, 0.15) is 11.2 Å². The highest BCUT2D eigenvalue weighted by molar-refractivity contribution is 6.12. The highest BCUT2D eigenvalue weighted by Gasteiger charge is 2.17. The molecule has 0 aliphatic rings. The molecule has 224 valence electrons. The smallest absolute Gasteiger partial charge is 0.136 e. The predicted octanol–water partition coefficient (Wildman–Crippen LogP) is 11.6. The monoisotopic (exact) mass is 613 g/mol. The van der Waals surface area contributed by atoms with E-state index in [1.807, 2.05) is 42.5 Å². The molecule has 0 radical (unpaired) electrons. The van der Waals surface area contributed by atoms with Gasteiger partial charge in [-0.1, -0.05) is 115 Å². The summed E-state index contributed by atoms with van der Waals surface area (Å²) in [4.78, 5) is 10.4. The van der Waals surface area contributed by atoms with Gasteiger partial charge < -0.3 is 8.98 Å². The number of hydrogen-bond acceptors (Lipinski definition) is 3. The summed E-state index contributed by atoms with van der Waals surface area (Å²) in [5.74, 6) is 0. The highest BCUT2D eigenvalue weighted by Crippen LogP contribution is 2.39. The van der Waals surface area contributed by atoms with Crippen LogP contribution in [0.25, 0.3) is 94.1 Å². The third kappa shape index (κ3) is 4.10. The van der Waals surface area contributed by atoms with E-state index in [0.717, 1.165) is 72.3 Å². The van der Waals surface area contributed by atoms with E-state index < -0.39 is 0 Å². The minimum atomic E-state index is 0.858. The number of rotatable bonds is 4. The van der Waals surface area contributed by atoms with Crippen LogP contribution >= 0.6 is 0 Å². The number of furan rings is 1. The van der Waals surface area contributed by atoms with Gasteiger partial charge >= 0.3 is 0 Å². The molecule has 0 aliphatic carbocycles. The first-order chi connectivity index (χ1) is 23.8. The van der Waals surface area contributed by atoms with E-state index in [2.05, 4.69) is 126 Å². The number of hydrogen-bond donors (Lipinski definition) is 0. The lowest BCUT2D eigenvalue weighted by Gasteiger charge is -2.13. The third-order valence-corrected chi connectivity index (χ3v) is 9.42. The van der Waals surface area contributed by atoms with Gasteiger partial charge in [-0.2, -0.15) is 0 Å². The molecule has 3 heterocycles. The third-order valence-electron chi connectivity index (χ3n) is 9.42. The molecule has 0 amide bonds. The molecule has 0 unspecified atom stereocenters. The van der Waals surface area contributed by atoms with Crippen molar-refractivity contribution in [1.29, 1.82) is 0 Å². The van der Waals surface area contributed by atoms with E-state index in [1.54, 1.807) is 0 Å². The minimum Gasteiger partial charge on any atom is -0.456 e. The Morgan fingerprint density at radius 1 is 0.396 bits per heavy atom. The number of nitrogens with zero attached hydrogens (tertiary/aromatic N) is 3. The van der Waals surface area contributed by atoms with Gasteiger partial charge in [0, 0.05) is 38.4 Å². The van der Waals surface area contributed by atoms with Crippen LogP contribution in [0.2, 0.25) is 0 Å². The number of fused-ring (bicyclic) bond motifs is 7. The van der Waals surface area contributed by atoms with Crippen molar-refractivity contribution in [2.75, 3.05) is 0 Å². The second-order valence-corrected chi connectivity index (χ2v) is 12.2. The Morgan fingerprint density at radius 3 is 1.54 bits per heavy atom. The van der Waals surface area contributed by atoms with Crippen LogP contribution in [0, 0.1) is 0 Å². The Hall–Kier alpha value is -6.52. The standard InChI is InChI=1S/C44H27N3O/c1-6-16-38-33(10-1)34-11-2-7-17-39(34)47(38)31-26-24-30(25-27-31)44-43(45-36-14-4-5-15-37(36)46-44)29-22-20-28(21-23-29)32-13-9-19-41-42(32)35-12-3-8-18-40(35)48-41/h1-27H. The van der Waals surface area contributed by atoms with Crippen molar-refractivity contribution in [2.45, 2.75) is 0 Å². The van der Waals surface area contributed by atoms with Crippen molar-refractivity contribution in [2.24, 2.45) is 0 Å². The van der Waals surface area contributed by atoms with Gasteiger partial charge in [-0.15, -0.1) is 0 Å². The van der Waals surface area contributed by atoms with Gasteiger partial charge in [-0.05, 0) is 59.7 Å². The van der Waals surface area contributed by atoms with Gasteiger partial charge in [-0.25, -0.2) is 9.97 Å². The molecule has 0 saturated heterocycles. The summed E-state index contributed by atoms with van der Waals surface area (Å²) in [6.07, 6.45) is 0. The van der Waals surface area contributed by atoms with Gasteiger partial charge in [0.05, 0.1) is 33.5 Å². The quantitative estimate of drug-likeness (QED) is 0.198. The van der Waals surface area contributed by atoms with Gasteiger partial charge in [0.2, 0.25) is 0 Å². The molecular weight excluding hydrogens is 587 g/mol. The fraction of sp³-hybridized carbons (Fsp3) is 0.